The summed E-state index contributed by atoms with van der Waals surface area (Å²) in [7, 11) is 0. The number of nitrogens with zero attached hydrogens (tertiary/aromatic N) is 3. The van der Waals surface area contributed by atoms with Crippen LogP contribution in [0.4, 0.5) is 0 Å². The third kappa shape index (κ3) is 3.36. The predicted octanol–water partition coefficient (Wildman–Crippen LogP) is 0.751. The van der Waals surface area contributed by atoms with Gasteiger partial charge in [0.1, 0.15) is 12.2 Å². The van der Waals surface area contributed by atoms with Crippen LogP contribution in [0, 0.1) is 0 Å². The Labute approximate surface area is 83.1 Å². The standard InChI is InChI=1S/C8H16N4S/c1-3-12-8(10-7-11-12)6-9-4-5-13-2/h7,9H,3-6H2,1-2H3. The monoisotopic (exact) mass is 200 g/mol. The molecule has 0 aliphatic carbocycles. The summed E-state index contributed by atoms with van der Waals surface area (Å²) in [6.45, 7) is 4.80. The first-order valence-corrected chi connectivity index (χ1v) is 5.84. The molecular formula is C8H16N4S. The minimum Gasteiger partial charge on any atom is -0.309 e. The molecule has 4 nitrogen and oxygen atoms in total. The minimum absolute atomic E-state index is 0.814. The van der Waals surface area contributed by atoms with Gasteiger partial charge in [0, 0.05) is 18.8 Å². The van der Waals surface area contributed by atoms with Gasteiger partial charge in [-0.15, -0.1) is 0 Å². The molecule has 1 N–H and O–H groups in total. The lowest BCUT2D eigenvalue weighted by Crippen LogP contribution is -2.19. The number of nitrogens with one attached hydrogen (secondary N) is 1. The van der Waals surface area contributed by atoms with Crippen molar-refractivity contribution in [3.8, 4) is 0 Å². The molecule has 0 unspecified atom stereocenters. The smallest absolute Gasteiger partial charge is 0.140 e. The number of aryl methyl sites for hydroxylation is 1. The van der Waals surface area contributed by atoms with Crippen molar-refractivity contribution < 1.29 is 0 Å². The van der Waals surface area contributed by atoms with E-state index in [1.54, 1.807) is 6.33 Å². The first-order chi connectivity index (χ1) is 6.38. The Kier molecular flexibility index (Phi) is 4.85. The molecule has 13 heavy (non-hydrogen) atoms. The molecule has 74 valence electrons. The van der Waals surface area contributed by atoms with Crippen LogP contribution in [0.5, 0.6) is 0 Å². The van der Waals surface area contributed by atoms with Gasteiger partial charge in [-0.05, 0) is 13.2 Å². The van der Waals surface area contributed by atoms with Gasteiger partial charge in [0.2, 0.25) is 0 Å². The van der Waals surface area contributed by atoms with Crippen LogP contribution in [0.15, 0.2) is 6.33 Å². The summed E-state index contributed by atoms with van der Waals surface area (Å²) in [5.41, 5.74) is 0. The van der Waals surface area contributed by atoms with Crippen molar-refractivity contribution in [1.29, 1.82) is 0 Å². The fraction of sp³-hybridized carbons (Fsp3) is 0.750. The van der Waals surface area contributed by atoms with Crippen LogP contribution < -0.4 is 5.32 Å². The van der Waals surface area contributed by atoms with Crippen LogP contribution in [0.25, 0.3) is 0 Å². The second-order valence-corrected chi connectivity index (χ2v) is 3.65. The van der Waals surface area contributed by atoms with E-state index in [9.17, 15) is 0 Å². The topological polar surface area (TPSA) is 42.7 Å². The van der Waals surface area contributed by atoms with Gasteiger partial charge >= 0.3 is 0 Å². The first-order valence-electron chi connectivity index (χ1n) is 4.44. The number of thioether (sulfide) groups is 1. The van der Waals surface area contributed by atoms with Crippen LogP contribution >= 0.6 is 11.8 Å². The number of hydrogen-bond acceptors (Lipinski definition) is 4. The van der Waals surface area contributed by atoms with Gasteiger partial charge in [-0.1, -0.05) is 0 Å². The predicted molar refractivity (Wildman–Crippen MR) is 55.8 cm³/mol. The Hall–Kier alpha value is -0.550. The van der Waals surface area contributed by atoms with Gasteiger partial charge in [-0.3, -0.25) is 0 Å². The molecule has 0 aromatic carbocycles. The second-order valence-electron chi connectivity index (χ2n) is 2.66. The van der Waals surface area contributed by atoms with Gasteiger partial charge in [0.25, 0.3) is 0 Å². The quantitative estimate of drug-likeness (QED) is 0.688. The Bertz CT molecular complexity index is 236. The van der Waals surface area contributed by atoms with Gasteiger partial charge in [0.05, 0.1) is 6.54 Å². The number of hydrogen-bond donors (Lipinski definition) is 1. The average Bonchev–Trinajstić information content (AvgIpc) is 2.60. The van der Waals surface area contributed by atoms with E-state index < -0.39 is 0 Å². The van der Waals surface area contributed by atoms with E-state index >= 15 is 0 Å². The van der Waals surface area contributed by atoms with E-state index in [2.05, 4.69) is 28.6 Å². The Morgan fingerprint density at radius 1 is 1.62 bits per heavy atom. The number of aromatic nitrogens is 3. The molecule has 1 aromatic heterocycles. The zero-order valence-electron chi connectivity index (χ0n) is 8.16. The molecule has 0 bridgehead atoms. The van der Waals surface area contributed by atoms with Crippen molar-refractivity contribution in [2.75, 3.05) is 18.6 Å². The summed E-state index contributed by atoms with van der Waals surface area (Å²) >= 11 is 1.84. The van der Waals surface area contributed by atoms with E-state index in [-0.39, 0.29) is 0 Å². The highest BCUT2D eigenvalue weighted by molar-refractivity contribution is 7.98. The Balaban J connectivity index is 2.27. The van der Waals surface area contributed by atoms with E-state index in [1.807, 2.05) is 16.4 Å². The van der Waals surface area contributed by atoms with Crippen molar-refractivity contribution in [2.45, 2.75) is 20.0 Å². The second kappa shape index (κ2) is 5.99. The van der Waals surface area contributed by atoms with Gasteiger partial charge in [-0.25, -0.2) is 9.67 Å². The maximum Gasteiger partial charge on any atom is 0.140 e. The molecule has 0 aliphatic rings. The van der Waals surface area contributed by atoms with Crippen molar-refractivity contribution in [1.82, 2.24) is 20.1 Å². The Morgan fingerprint density at radius 3 is 3.15 bits per heavy atom. The summed E-state index contributed by atoms with van der Waals surface area (Å²) in [5, 5.41) is 7.41. The molecule has 0 aliphatic heterocycles. The van der Waals surface area contributed by atoms with Crippen LogP contribution in [-0.4, -0.2) is 33.3 Å². The lowest BCUT2D eigenvalue weighted by atomic mass is 10.5. The molecule has 1 heterocycles. The maximum atomic E-state index is 4.17. The maximum absolute atomic E-state index is 4.17. The SMILES string of the molecule is CCn1ncnc1CNCCSC. The molecule has 0 saturated carbocycles. The van der Waals surface area contributed by atoms with Crippen LogP contribution in [0.2, 0.25) is 0 Å². The zero-order valence-corrected chi connectivity index (χ0v) is 8.97. The van der Waals surface area contributed by atoms with Crippen molar-refractivity contribution in [2.24, 2.45) is 0 Å². The molecule has 0 spiro atoms. The van der Waals surface area contributed by atoms with Crippen molar-refractivity contribution in [3.05, 3.63) is 12.2 Å². The van der Waals surface area contributed by atoms with E-state index in [0.29, 0.717) is 0 Å². The average molecular weight is 200 g/mol. The van der Waals surface area contributed by atoms with Crippen LogP contribution in [-0.2, 0) is 13.1 Å². The largest absolute Gasteiger partial charge is 0.309 e. The lowest BCUT2D eigenvalue weighted by Gasteiger charge is -2.03. The third-order valence-electron chi connectivity index (χ3n) is 1.76. The molecule has 5 heteroatoms. The van der Waals surface area contributed by atoms with E-state index in [1.165, 1.54) is 0 Å². The molecule has 0 radical (unpaired) electrons. The van der Waals surface area contributed by atoms with Crippen molar-refractivity contribution in [3.63, 3.8) is 0 Å². The molecule has 0 saturated heterocycles. The van der Waals surface area contributed by atoms with Gasteiger partial charge in [0.15, 0.2) is 0 Å². The summed E-state index contributed by atoms with van der Waals surface area (Å²) < 4.78 is 1.91. The van der Waals surface area contributed by atoms with Crippen molar-refractivity contribution >= 4 is 11.8 Å². The highest BCUT2D eigenvalue weighted by Crippen LogP contribution is 1.93. The lowest BCUT2D eigenvalue weighted by molar-refractivity contribution is 0.582. The highest BCUT2D eigenvalue weighted by atomic mass is 32.2. The minimum atomic E-state index is 0.814. The molecule has 0 amide bonds. The summed E-state index contributed by atoms with van der Waals surface area (Å²) in [5.74, 6) is 2.16. The Morgan fingerprint density at radius 2 is 2.46 bits per heavy atom. The third-order valence-corrected chi connectivity index (χ3v) is 2.37. The van der Waals surface area contributed by atoms with E-state index in [4.69, 9.17) is 0 Å². The molecule has 0 fully saturated rings. The fourth-order valence-electron chi connectivity index (χ4n) is 1.06. The zero-order chi connectivity index (χ0) is 9.52. The fourth-order valence-corrected chi connectivity index (χ4v) is 1.41. The first kappa shape index (κ1) is 10.5. The molecule has 1 aromatic rings. The van der Waals surface area contributed by atoms with E-state index in [0.717, 1.165) is 31.2 Å². The highest BCUT2D eigenvalue weighted by Gasteiger charge is 2.00. The molecule has 1 rings (SSSR count). The molecule has 0 atom stereocenters. The van der Waals surface area contributed by atoms with Gasteiger partial charge in [-0.2, -0.15) is 16.9 Å². The number of rotatable bonds is 6. The molecular weight excluding hydrogens is 184 g/mol. The summed E-state index contributed by atoms with van der Waals surface area (Å²) in [6, 6.07) is 0. The van der Waals surface area contributed by atoms with Crippen LogP contribution in [0.3, 0.4) is 0 Å². The summed E-state index contributed by atoms with van der Waals surface area (Å²) in [6.07, 6.45) is 3.71. The normalized spacial score (nSPS) is 10.6. The summed E-state index contributed by atoms with van der Waals surface area (Å²) in [4.78, 5) is 4.17. The van der Waals surface area contributed by atoms with Crippen LogP contribution in [0.1, 0.15) is 12.7 Å². The van der Waals surface area contributed by atoms with Gasteiger partial charge < -0.3 is 5.32 Å².